The van der Waals surface area contributed by atoms with Crippen molar-refractivity contribution in [2.75, 3.05) is 0 Å². The summed E-state index contributed by atoms with van der Waals surface area (Å²) in [4.78, 5) is -0.0951. The Morgan fingerprint density at radius 2 is 1.48 bits per heavy atom. The summed E-state index contributed by atoms with van der Waals surface area (Å²) in [5.41, 5.74) is 0.588. The van der Waals surface area contributed by atoms with Gasteiger partial charge in [0.2, 0.25) is 9.84 Å². The van der Waals surface area contributed by atoms with Crippen LogP contribution in [0.1, 0.15) is 26.3 Å². The highest BCUT2D eigenvalue weighted by Crippen LogP contribution is 2.33. The molecule has 0 saturated heterocycles. The molecule has 2 aromatic rings. The third kappa shape index (κ3) is 3.03. The lowest BCUT2D eigenvalue weighted by Crippen LogP contribution is -2.12. The second kappa shape index (κ2) is 5.07. The van der Waals surface area contributed by atoms with Crippen molar-refractivity contribution in [1.29, 1.82) is 0 Å². The molecule has 0 fully saturated rings. The molecule has 0 amide bonds. The van der Waals surface area contributed by atoms with Crippen molar-refractivity contribution >= 4 is 9.84 Å². The van der Waals surface area contributed by atoms with Gasteiger partial charge in [0.15, 0.2) is 0 Å². The summed E-state index contributed by atoms with van der Waals surface area (Å²) >= 11 is 0. The molecule has 0 heterocycles. The van der Waals surface area contributed by atoms with Gasteiger partial charge in [-0.1, -0.05) is 26.8 Å². The van der Waals surface area contributed by atoms with Crippen LogP contribution in [0.2, 0.25) is 0 Å². The van der Waals surface area contributed by atoms with Crippen LogP contribution in [-0.2, 0) is 15.3 Å². The first-order valence-corrected chi connectivity index (χ1v) is 7.98. The minimum absolute atomic E-state index is 0.0124. The van der Waals surface area contributed by atoms with Crippen molar-refractivity contribution in [3.8, 4) is 11.5 Å². The van der Waals surface area contributed by atoms with Gasteiger partial charge in [-0.05, 0) is 47.4 Å². The van der Waals surface area contributed by atoms with Gasteiger partial charge in [-0.2, -0.15) is 0 Å². The van der Waals surface area contributed by atoms with Gasteiger partial charge in [0.05, 0.1) is 4.90 Å². The molecule has 2 aromatic carbocycles. The highest BCUT2D eigenvalue weighted by Gasteiger charge is 2.24. The molecule has 2 N–H and O–H groups in total. The average molecular weight is 306 g/mol. The molecule has 5 heteroatoms. The Hall–Kier alpha value is -2.01. The van der Waals surface area contributed by atoms with E-state index in [-0.39, 0.29) is 26.7 Å². The second-order valence-electron chi connectivity index (χ2n) is 5.93. The first-order valence-electron chi connectivity index (χ1n) is 6.50. The fraction of sp³-hybridized carbons (Fsp3) is 0.250. The lowest BCUT2D eigenvalue weighted by Gasteiger charge is -2.20. The first-order chi connectivity index (χ1) is 9.62. The molecule has 0 aliphatic heterocycles. The number of rotatable bonds is 2. The number of sulfone groups is 1. The van der Waals surface area contributed by atoms with Crippen molar-refractivity contribution in [1.82, 2.24) is 0 Å². The molecule has 0 atom stereocenters. The van der Waals surface area contributed by atoms with Crippen LogP contribution in [0, 0.1) is 0 Å². The van der Waals surface area contributed by atoms with Gasteiger partial charge in [0, 0.05) is 0 Å². The van der Waals surface area contributed by atoms with Crippen molar-refractivity contribution < 1.29 is 18.6 Å². The van der Waals surface area contributed by atoms with Crippen LogP contribution in [0.15, 0.2) is 52.3 Å². The lowest BCUT2D eigenvalue weighted by atomic mass is 9.87. The van der Waals surface area contributed by atoms with Crippen LogP contribution in [0.25, 0.3) is 0 Å². The van der Waals surface area contributed by atoms with E-state index in [9.17, 15) is 18.6 Å². The third-order valence-electron chi connectivity index (χ3n) is 3.26. The third-order valence-corrected chi connectivity index (χ3v) is 5.06. The van der Waals surface area contributed by atoms with Crippen LogP contribution in [-0.4, -0.2) is 18.6 Å². The highest BCUT2D eigenvalue weighted by molar-refractivity contribution is 7.91. The largest absolute Gasteiger partial charge is 0.508 e. The van der Waals surface area contributed by atoms with Crippen molar-refractivity contribution in [3.63, 3.8) is 0 Å². The lowest BCUT2D eigenvalue weighted by molar-refractivity contribution is 0.457. The fourth-order valence-electron chi connectivity index (χ4n) is 1.95. The molecular formula is C16H18O4S. The Bertz CT molecular complexity index is 754. The highest BCUT2D eigenvalue weighted by atomic mass is 32.2. The summed E-state index contributed by atoms with van der Waals surface area (Å²) in [7, 11) is -3.83. The summed E-state index contributed by atoms with van der Waals surface area (Å²) in [6, 6.07) is 9.84. The molecule has 0 radical (unpaired) electrons. The molecular weight excluding hydrogens is 288 g/mol. The minimum Gasteiger partial charge on any atom is -0.508 e. The molecule has 0 unspecified atom stereocenters. The number of phenols is 2. The van der Waals surface area contributed by atoms with E-state index in [2.05, 4.69) is 0 Å². The minimum atomic E-state index is -3.83. The van der Waals surface area contributed by atoms with Crippen LogP contribution >= 0.6 is 0 Å². The summed E-state index contributed by atoms with van der Waals surface area (Å²) in [5, 5.41) is 19.2. The van der Waals surface area contributed by atoms with Gasteiger partial charge in [-0.15, -0.1) is 0 Å². The van der Waals surface area contributed by atoms with E-state index in [1.165, 1.54) is 36.4 Å². The van der Waals surface area contributed by atoms with Crippen LogP contribution in [0.3, 0.4) is 0 Å². The topological polar surface area (TPSA) is 74.6 Å². The molecule has 2 rings (SSSR count). The number of benzene rings is 2. The van der Waals surface area contributed by atoms with E-state index in [4.69, 9.17) is 0 Å². The second-order valence-corrected chi connectivity index (χ2v) is 7.85. The molecule has 0 aliphatic rings. The van der Waals surface area contributed by atoms with Gasteiger partial charge >= 0.3 is 0 Å². The molecule has 0 spiro atoms. The van der Waals surface area contributed by atoms with E-state index in [1.807, 2.05) is 20.8 Å². The first kappa shape index (κ1) is 15.4. The maximum absolute atomic E-state index is 12.6. The van der Waals surface area contributed by atoms with Gasteiger partial charge in [-0.3, -0.25) is 0 Å². The van der Waals surface area contributed by atoms with E-state index >= 15 is 0 Å². The predicted octanol–water partition coefficient (Wildman–Crippen LogP) is 3.23. The van der Waals surface area contributed by atoms with E-state index in [0.717, 1.165) is 5.56 Å². The Kier molecular flexibility index (Phi) is 3.72. The number of hydrogen-bond donors (Lipinski definition) is 2. The fourth-order valence-corrected chi connectivity index (χ4v) is 3.32. The average Bonchev–Trinajstić information content (AvgIpc) is 2.38. The number of phenolic OH excluding ortho intramolecular Hbond substituents is 2. The summed E-state index contributed by atoms with van der Waals surface area (Å²) in [6.45, 7) is 5.91. The molecule has 4 nitrogen and oxygen atoms in total. The van der Waals surface area contributed by atoms with E-state index in [0.29, 0.717) is 0 Å². The standard InChI is InChI=1S/C16H18O4S/c1-16(2,3)11-4-9-14(18)15(10-11)21(19,20)13-7-5-12(17)6-8-13/h4-10,17-18H,1-3H3. The molecule has 21 heavy (non-hydrogen) atoms. The van der Waals surface area contributed by atoms with Gasteiger partial charge in [-0.25, -0.2) is 8.42 Å². The Labute approximate surface area is 124 Å². The van der Waals surface area contributed by atoms with Gasteiger partial charge in [0.1, 0.15) is 16.4 Å². The Morgan fingerprint density at radius 1 is 0.905 bits per heavy atom. The Balaban J connectivity index is 2.62. The molecule has 0 aliphatic carbocycles. The van der Waals surface area contributed by atoms with Crippen LogP contribution in [0.4, 0.5) is 0 Å². The molecule has 0 saturated carbocycles. The van der Waals surface area contributed by atoms with Crippen LogP contribution in [0.5, 0.6) is 11.5 Å². The summed E-state index contributed by atoms with van der Waals surface area (Å²) < 4.78 is 25.2. The van der Waals surface area contributed by atoms with Gasteiger partial charge in [0.25, 0.3) is 0 Å². The maximum Gasteiger partial charge on any atom is 0.210 e. The zero-order valence-electron chi connectivity index (χ0n) is 12.2. The summed E-state index contributed by atoms with van der Waals surface area (Å²) in [5.74, 6) is -0.294. The quantitative estimate of drug-likeness (QED) is 0.893. The summed E-state index contributed by atoms with van der Waals surface area (Å²) in [6.07, 6.45) is 0. The van der Waals surface area contributed by atoms with Crippen LogP contribution < -0.4 is 0 Å². The number of hydrogen-bond acceptors (Lipinski definition) is 4. The predicted molar refractivity (Wildman–Crippen MR) is 80.4 cm³/mol. The zero-order chi connectivity index (χ0) is 15.8. The van der Waals surface area contributed by atoms with Gasteiger partial charge < -0.3 is 10.2 Å². The number of aromatic hydroxyl groups is 2. The monoisotopic (exact) mass is 306 g/mol. The normalized spacial score (nSPS) is 12.3. The SMILES string of the molecule is CC(C)(C)c1ccc(O)c(S(=O)(=O)c2ccc(O)cc2)c1. The van der Waals surface area contributed by atoms with Crippen molar-refractivity contribution in [3.05, 3.63) is 48.0 Å². The maximum atomic E-state index is 12.6. The van der Waals surface area contributed by atoms with E-state index < -0.39 is 9.84 Å². The molecule has 112 valence electrons. The molecule has 0 aromatic heterocycles. The van der Waals surface area contributed by atoms with Crippen molar-refractivity contribution in [2.24, 2.45) is 0 Å². The Morgan fingerprint density at radius 3 is 2.00 bits per heavy atom. The van der Waals surface area contributed by atoms with Crippen molar-refractivity contribution in [2.45, 2.75) is 36.0 Å². The smallest absolute Gasteiger partial charge is 0.210 e. The molecule has 0 bridgehead atoms. The van der Waals surface area contributed by atoms with E-state index in [1.54, 1.807) is 6.07 Å². The zero-order valence-corrected chi connectivity index (χ0v) is 13.0.